The fourth-order valence-electron chi connectivity index (χ4n) is 4.28. The van der Waals surface area contributed by atoms with Crippen molar-refractivity contribution in [3.8, 4) is 0 Å². The van der Waals surface area contributed by atoms with Gasteiger partial charge in [0.15, 0.2) is 11.9 Å². The number of alkyl halides is 1. The highest BCUT2D eigenvalue weighted by molar-refractivity contribution is 6.30. The van der Waals surface area contributed by atoms with Crippen molar-refractivity contribution in [2.24, 2.45) is 0 Å². The predicted octanol–water partition coefficient (Wildman–Crippen LogP) is 1.82. The fourth-order valence-corrected chi connectivity index (χ4v) is 4.46. The van der Waals surface area contributed by atoms with E-state index in [-0.39, 0.29) is 21.7 Å². The lowest BCUT2D eigenvalue weighted by molar-refractivity contribution is -0.255. The zero-order valence-corrected chi connectivity index (χ0v) is 19.0. The maximum absolute atomic E-state index is 16.5. The minimum Gasteiger partial charge on any atom is -0.545 e. The average molecular weight is 502 g/mol. The van der Waals surface area contributed by atoms with E-state index in [1.165, 1.54) is 30.3 Å². The van der Waals surface area contributed by atoms with E-state index >= 15 is 4.39 Å². The molecule has 9 nitrogen and oxygen atoms in total. The van der Waals surface area contributed by atoms with Crippen LogP contribution in [0.1, 0.15) is 45.3 Å². The first-order chi connectivity index (χ1) is 16.6. The van der Waals surface area contributed by atoms with Crippen molar-refractivity contribution >= 4 is 23.5 Å². The van der Waals surface area contributed by atoms with E-state index < -0.39 is 53.7 Å². The minimum atomic E-state index is -2.42. The third kappa shape index (κ3) is 4.75. The maximum atomic E-state index is 16.5. The van der Waals surface area contributed by atoms with Gasteiger partial charge in [0.25, 0.3) is 5.56 Å². The smallest absolute Gasteiger partial charge is 0.338 e. The monoisotopic (exact) mass is 501 g/mol. The number of nitrogens with zero attached hydrogens (tertiary/aromatic N) is 1. The first kappa shape index (κ1) is 24.4. The van der Waals surface area contributed by atoms with Gasteiger partial charge >= 0.3 is 11.7 Å². The van der Waals surface area contributed by atoms with E-state index in [4.69, 9.17) is 21.1 Å². The van der Waals surface area contributed by atoms with E-state index in [2.05, 4.69) is 0 Å². The molecule has 1 saturated heterocycles. The SMILES string of the molecule is C[C@@]1(F)[C@H](c2cc(Cl)ccc2C(=O)[O-])[C@H](COC(=O)c2ccccc2)O[C@@H]1n1ccc(=O)[nH]c1=O. The summed E-state index contributed by atoms with van der Waals surface area (Å²) in [6.45, 7) is 0.657. The molecular weight excluding hydrogens is 483 g/mol. The summed E-state index contributed by atoms with van der Waals surface area (Å²) in [5, 5.41) is 11.9. The summed E-state index contributed by atoms with van der Waals surface area (Å²) in [6, 6.07) is 12.8. The van der Waals surface area contributed by atoms with Gasteiger partial charge in [-0.1, -0.05) is 35.9 Å². The number of aromatic amines is 1. The van der Waals surface area contributed by atoms with Gasteiger partial charge in [0.05, 0.1) is 17.5 Å². The number of carboxylic acid groups (broad SMARTS) is 1. The van der Waals surface area contributed by atoms with Gasteiger partial charge in [0.2, 0.25) is 0 Å². The standard InChI is InChI=1S/C24H20ClFN2O7/c1-24(26)19(16-11-14(25)7-8-15(16)20(30)31)17(12-34-21(32)13-5-3-2-4-6-13)35-22(24)28-10-9-18(29)27-23(28)33/h2-11,17,19,22H,12H2,1H3,(H,30,31)(H,27,29,33)/p-1/t17-,19+,22-,24+/m0/s1. The largest absolute Gasteiger partial charge is 0.545 e. The van der Waals surface area contributed by atoms with Crippen LogP contribution in [-0.4, -0.2) is 39.9 Å². The number of aromatic nitrogens is 2. The topological polar surface area (TPSA) is 131 Å². The van der Waals surface area contributed by atoms with Gasteiger partial charge in [0, 0.05) is 22.8 Å². The summed E-state index contributed by atoms with van der Waals surface area (Å²) >= 11 is 6.09. The Kier molecular flexibility index (Phi) is 6.60. The molecule has 1 aromatic heterocycles. The summed E-state index contributed by atoms with van der Waals surface area (Å²) in [6.07, 6.45) is -1.75. The van der Waals surface area contributed by atoms with E-state index in [0.29, 0.717) is 0 Å². The van der Waals surface area contributed by atoms with Gasteiger partial charge in [-0.2, -0.15) is 0 Å². The Morgan fingerprint density at radius 3 is 2.57 bits per heavy atom. The van der Waals surface area contributed by atoms with Gasteiger partial charge in [-0.3, -0.25) is 14.3 Å². The fraction of sp³-hybridized carbons (Fsp3) is 0.250. The molecule has 0 bridgehead atoms. The van der Waals surface area contributed by atoms with Crippen LogP contribution in [0, 0.1) is 0 Å². The third-order valence-corrected chi connectivity index (χ3v) is 6.06. The van der Waals surface area contributed by atoms with Crippen LogP contribution in [0.4, 0.5) is 4.39 Å². The van der Waals surface area contributed by atoms with Crippen LogP contribution in [-0.2, 0) is 9.47 Å². The Bertz CT molecular complexity index is 1390. The number of halogens is 2. The number of rotatable bonds is 6. The quantitative estimate of drug-likeness (QED) is 0.510. The number of hydrogen-bond donors (Lipinski definition) is 1. The first-order valence-electron chi connectivity index (χ1n) is 10.5. The number of benzene rings is 2. The highest BCUT2D eigenvalue weighted by Crippen LogP contribution is 2.51. The number of ether oxygens (including phenoxy) is 2. The molecule has 3 aromatic rings. The van der Waals surface area contributed by atoms with Crippen molar-refractivity contribution in [1.29, 1.82) is 0 Å². The van der Waals surface area contributed by atoms with Crippen LogP contribution in [0.2, 0.25) is 5.02 Å². The molecule has 1 N–H and O–H groups in total. The first-order valence-corrected chi connectivity index (χ1v) is 10.9. The molecule has 1 aliphatic heterocycles. The number of esters is 1. The zero-order chi connectivity index (χ0) is 25.3. The summed E-state index contributed by atoms with van der Waals surface area (Å²) in [4.78, 5) is 50.2. The molecule has 182 valence electrons. The summed E-state index contributed by atoms with van der Waals surface area (Å²) in [7, 11) is 0. The summed E-state index contributed by atoms with van der Waals surface area (Å²) in [5.74, 6) is -3.62. The van der Waals surface area contributed by atoms with E-state index in [1.54, 1.807) is 18.2 Å². The average Bonchev–Trinajstić information content (AvgIpc) is 3.07. The van der Waals surface area contributed by atoms with Gasteiger partial charge < -0.3 is 19.4 Å². The molecule has 4 rings (SSSR count). The number of nitrogens with one attached hydrogen (secondary N) is 1. The van der Waals surface area contributed by atoms with E-state index in [1.807, 2.05) is 4.98 Å². The Morgan fingerprint density at radius 1 is 1.20 bits per heavy atom. The van der Waals surface area contributed by atoms with Crippen LogP contribution in [0.25, 0.3) is 0 Å². The van der Waals surface area contributed by atoms with Gasteiger partial charge in [-0.15, -0.1) is 0 Å². The van der Waals surface area contributed by atoms with Crippen molar-refractivity contribution in [2.45, 2.75) is 30.8 Å². The second-order valence-corrected chi connectivity index (χ2v) is 8.59. The minimum absolute atomic E-state index is 0.0526. The molecule has 1 aliphatic rings. The van der Waals surface area contributed by atoms with Crippen LogP contribution >= 0.6 is 11.6 Å². The molecule has 1 fully saturated rings. The third-order valence-electron chi connectivity index (χ3n) is 5.83. The Hall–Kier alpha value is -3.76. The second-order valence-electron chi connectivity index (χ2n) is 8.16. The van der Waals surface area contributed by atoms with Crippen LogP contribution in [0.5, 0.6) is 0 Å². The van der Waals surface area contributed by atoms with Crippen LogP contribution in [0.3, 0.4) is 0 Å². The maximum Gasteiger partial charge on any atom is 0.338 e. The normalized spacial score (nSPS) is 23.7. The molecule has 0 amide bonds. The van der Waals surface area contributed by atoms with E-state index in [0.717, 1.165) is 23.8 Å². The highest BCUT2D eigenvalue weighted by Gasteiger charge is 2.57. The molecule has 2 heterocycles. The Morgan fingerprint density at radius 2 is 1.91 bits per heavy atom. The van der Waals surface area contributed by atoms with Gasteiger partial charge in [-0.25, -0.2) is 14.0 Å². The molecular formula is C24H19ClFN2O7-. The van der Waals surface area contributed by atoms with Gasteiger partial charge in [-0.05, 0) is 36.8 Å². The molecule has 11 heteroatoms. The molecule has 35 heavy (non-hydrogen) atoms. The predicted molar refractivity (Wildman–Crippen MR) is 120 cm³/mol. The highest BCUT2D eigenvalue weighted by atomic mass is 35.5. The summed E-state index contributed by atoms with van der Waals surface area (Å²) < 4.78 is 28.5. The second kappa shape index (κ2) is 9.47. The Labute approximate surface area is 202 Å². The van der Waals surface area contributed by atoms with Crippen LogP contribution in [0.15, 0.2) is 70.4 Å². The molecule has 0 unspecified atom stereocenters. The summed E-state index contributed by atoms with van der Waals surface area (Å²) in [5.41, 5.74) is -4.18. The lowest BCUT2D eigenvalue weighted by atomic mass is 9.80. The van der Waals surface area contributed by atoms with Crippen molar-refractivity contribution in [2.75, 3.05) is 6.61 Å². The number of hydrogen-bond acceptors (Lipinski definition) is 7. The molecule has 0 saturated carbocycles. The lowest BCUT2D eigenvalue weighted by Crippen LogP contribution is -2.41. The molecule has 0 aliphatic carbocycles. The molecule has 0 radical (unpaired) electrons. The van der Waals surface area contributed by atoms with Crippen LogP contribution < -0.4 is 16.4 Å². The van der Waals surface area contributed by atoms with Crippen molar-refractivity contribution in [1.82, 2.24) is 9.55 Å². The zero-order valence-electron chi connectivity index (χ0n) is 18.3. The molecule has 0 spiro atoms. The van der Waals surface area contributed by atoms with Crippen molar-refractivity contribution in [3.63, 3.8) is 0 Å². The van der Waals surface area contributed by atoms with Gasteiger partial charge in [0.1, 0.15) is 12.7 Å². The number of aromatic carboxylic acids is 1. The number of carbonyl (C=O) groups excluding carboxylic acids is 2. The number of carboxylic acids is 1. The van der Waals surface area contributed by atoms with Crippen molar-refractivity contribution < 1.29 is 28.6 Å². The van der Waals surface area contributed by atoms with Crippen molar-refractivity contribution in [3.05, 3.63) is 103 Å². The molecule has 4 atom stereocenters. The Balaban J connectivity index is 1.77. The molecule has 2 aromatic carbocycles. The van der Waals surface area contributed by atoms with E-state index in [9.17, 15) is 24.3 Å². The number of carbonyl (C=O) groups is 2. The number of H-pyrrole nitrogens is 1. The lowest BCUT2D eigenvalue weighted by Gasteiger charge is -2.30.